The number of hydrogen-bond acceptors (Lipinski definition) is 8. The summed E-state index contributed by atoms with van der Waals surface area (Å²) in [7, 11) is -3.45. The highest BCUT2D eigenvalue weighted by atomic mass is 35.5. The van der Waals surface area contributed by atoms with Gasteiger partial charge in [0, 0.05) is 23.7 Å². The summed E-state index contributed by atoms with van der Waals surface area (Å²) in [6, 6.07) is 12.8. The standard InChI is InChI=1S/C21H14ClN7O3S/c1-33(31,32)16-4-2-3-15(11-16)29-20-18(26-27-29)21(30)28(14-7-5-13(22)6-8-14)19(25-20)17-12-23-9-10-24-17/h2-12H,1H3. The van der Waals surface area contributed by atoms with Gasteiger partial charge in [-0.2, -0.15) is 4.68 Å². The SMILES string of the molecule is CS(=O)(=O)c1cccc(-n2nnc3c(=O)n(-c4ccc(Cl)cc4)c(-c4cnccn4)nc32)c1. The van der Waals surface area contributed by atoms with Crippen LogP contribution in [-0.4, -0.2) is 49.2 Å². The molecule has 3 aromatic heterocycles. The Bertz CT molecular complexity index is 1660. The lowest BCUT2D eigenvalue weighted by Crippen LogP contribution is -2.22. The second-order valence-corrected chi connectivity index (χ2v) is 9.54. The predicted octanol–water partition coefficient (Wildman–Crippen LogP) is 2.48. The molecule has 164 valence electrons. The number of hydrogen-bond donors (Lipinski definition) is 0. The number of rotatable bonds is 4. The quantitative estimate of drug-likeness (QED) is 0.385. The van der Waals surface area contributed by atoms with Crippen LogP contribution in [-0.2, 0) is 9.84 Å². The van der Waals surface area contributed by atoms with Gasteiger partial charge in [0.15, 0.2) is 26.8 Å². The smallest absolute Gasteiger partial charge is 0.266 e. The normalized spacial score (nSPS) is 11.7. The molecule has 0 saturated carbocycles. The highest BCUT2D eigenvalue weighted by Gasteiger charge is 2.21. The van der Waals surface area contributed by atoms with E-state index >= 15 is 0 Å². The first kappa shape index (κ1) is 20.9. The molecule has 0 aliphatic rings. The minimum absolute atomic E-state index is 0.00217. The van der Waals surface area contributed by atoms with Gasteiger partial charge >= 0.3 is 0 Å². The summed E-state index contributed by atoms with van der Waals surface area (Å²) in [5.74, 6) is 0.214. The van der Waals surface area contributed by atoms with Crippen molar-refractivity contribution in [1.29, 1.82) is 0 Å². The molecule has 0 aliphatic carbocycles. The van der Waals surface area contributed by atoms with Gasteiger partial charge < -0.3 is 0 Å². The van der Waals surface area contributed by atoms with Gasteiger partial charge in [-0.15, -0.1) is 5.10 Å². The van der Waals surface area contributed by atoms with Gasteiger partial charge in [-0.05, 0) is 42.5 Å². The molecule has 0 N–H and O–H groups in total. The maximum Gasteiger partial charge on any atom is 0.288 e. The fourth-order valence-electron chi connectivity index (χ4n) is 3.30. The lowest BCUT2D eigenvalue weighted by Gasteiger charge is -2.12. The minimum Gasteiger partial charge on any atom is -0.266 e. The number of aromatic nitrogens is 7. The van der Waals surface area contributed by atoms with Gasteiger partial charge in [0.25, 0.3) is 5.56 Å². The summed E-state index contributed by atoms with van der Waals surface area (Å²) >= 11 is 6.01. The molecule has 5 aromatic rings. The zero-order chi connectivity index (χ0) is 23.2. The number of benzene rings is 2. The third-order valence-corrected chi connectivity index (χ3v) is 6.21. The molecule has 0 atom stereocenters. The molecule has 10 nitrogen and oxygen atoms in total. The van der Waals surface area contributed by atoms with Crippen molar-refractivity contribution in [3.8, 4) is 22.9 Å². The first-order chi connectivity index (χ1) is 15.8. The van der Waals surface area contributed by atoms with Crippen LogP contribution in [0.4, 0.5) is 0 Å². The van der Waals surface area contributed by atoms with E-state index in [0.717, 1.165) is 6.26 Å². The molecule has 0 radical (unpaired) electrons. The lowest BCUT2D eigenvalue weighted by molar-refractivity contribution is 0.601. The summed E-state index contributed by atoms with van der Waals surface area (Å²) in [5, 5.41) is 8.62. The van der Waals surface area contributed by atoms with E-state index in [1.165, 1.54) is 40.0 Å². The fraction of sp³-hybridized carbons (Fsp3) is 0.0476. The van der Waals surface area contributed by atoms with Crippen LogP contribution in [0.25, 0.3) is 34.1 Å². The van der Waals surface area contributed by atoms with E-state index in [2.05, 4.69) is 25.3 Å². The summed E-state index contributed by atoms with van der Waals surface area (Å²) in [6.07, 6.45) is 5.59. The Kier molecular flexibility index (Phi) is 4.99. The first-order valence-corrected chi connectivity index (χ1v) is 11.8. The first-order valence-electron chi connectivity index (χ1n) is 9.54. The maximum absolute atomic E-state index is 13.5. The van der Waals surface area contributed by atoms with Crippen molar-refractivity contribution in [2.75, 3.05) is 6.26 Å². The van der Waals surface area contributed by atoms with Gasteiger partial charge in [0.2, 0.25) is 0 Å². The molecule has 33 heavy (non-hydrogen) atoms. The van der Waals surface area contributed by atoms with Crippen molar-refractivity contribution in [2.24, 2.45) is 0 Å². The Morgan fingerprint density at radius 2 is 1.79 bits per heavy atom. The summed E-state index contributed by atoms with van der Waals surface area (Å²) < 4.78 is 26.7. The molecule has 0 spiro atoms. The minimum atomic E-state index is -3.45. The van der Waals surface area contributed by atoms with E-state index in [0.29, 0.717) is 22.1 Å². The van der Waals surface area contributed by atoms with Crippen LogP contribution in [0.3, 0.4) is 0 Å². The second kappa shape index (κ2) is 7.87. The van der Waals surface area contributed by atoms with Crippen molar-refractivity contribution in [3.63, 3.8) is 0 Å². The molecule has 0 bridgehead atoms. The van der Waals surface area contributed by atoms with Gasteiger partial charge in [0.1, 0.15) is 5.69 Å². The van der Waals surface area contributed by atoms with Crippen molar-refractivity contribution < 1.29 is 8.42 Å². The van der Waals surface area contributed by atoms with E-state index in [4.69, 9.17) is 11.6 Å². The Balaban J connectivity index is 1.82. The monoisotopic (exact) mass is 479 g/mol. The summed E-state index contributed by atoms with van der Waals surface area (Å²) in [6.45, 7) is 0. The van der Waals surface area contributed by atoms with Gasteiger partial charge in [0.05, 0.1) is 22.5 Å². The van der Waals surface area contributed by atoms with Gasteiger partial charge in [-0.3, -0.25) is 14.3 Å². The second-order valence-electron chi connectivity index (χ2n) is 7.09. The zero-order valence-corrected chi connectivity index (χ0v) is 18.6. The Morgan fingerprint density at radius 1 is 1.00 bits per heavy atom. The van der Waals surface area contributed by atoms with Gasteiger partial charge in [-0.25, -0.2) is 18.4 Å². The third-order valence-electron chi connectivity index (χ3n) is 4.84. The maximum atomic E-state index is 13.5. The molecular formula is C21H14ClN7O3S. The Labute approximate surface area is 192 Å². The van der Waals surface area contributed by atoms with Crippen LogP contribution in [0, 0.1) is 0 Å². The average Bonchev–Trinajstić information content (AvgIpc) is 3.24. The largest absolute Gasteiger partial charge is 0.288 e. The molecule has 3 heterocycles. The highest BCUT2D eigenvalue weighted by Crippen LogP contribution is 2.23. The number of nitrogens with zero attached hydrogens (tertiary/aromatic N) is 7. The Morgan fingerprint density at radius 3 is 2.48 bits per heavy atom. The Hall–Kier alpha value is -3.96. The molecular weight excluding hydrogens is 466 g/mol. The molecule has 0 unspecified atom stereocenters. The predicted molar refractivity (Wildman–Crippen MR) is 121 cm³/mol. The van der Waals surface area contributed by atoms with Crippen molar-refractivity contribution in [2.45, 2.75) is 4.90 Å². The van der Waals surface area contributed by atoms with Crippen molar-refractivity contribution in [3.05, 3.63) is 82.5 Å². The summed E-state index contributed by atoms with van der Waals surface area (Å²) in [4.78, 5) is 26.6. The van der Waals surface area contributed by atoms with Crippen LogP contribution in [0.2, 0.25) is 5.02 Å². The van der Waals surface area contributed by atoms with Crippen LogP contribution in [0.5, 0.6) is 0 Å². The zero-order valence-electron chi connectivity index (χ0n) is 17.0. The highest BCUT2D eigenvalue weighted by molar-refractivity contribution is 7.90. The van der Waals surface area contributed by atoms with E-state index < -0.39 is 15.4 Å². The third kappa shape index (κ3) is 3.77. The van der Waals surface area contributed by atoms with Crippen molar-refractivity contribution in [1.82, 2.24) is 34.5 Å². The molecule has 0 fully saturated rings. The van der Waals surface area contributed by atoms with Crippen LogP contribution < -0.4 is 5.56 Å². The number of halogens is 1. The van der Waals surface area contributed by atoms with E-state index in [1.54, 1.807) is 36.4 Å². The van der Waals surface area contributed by atoms with Crippen LogP contribution in [0.15, 0.2) is 76.8 Å². The van der Waals surface area contributed by atoms with Crippen molar-refractivity contribution >= 4 is 32.6 Å². The van der Waals surface area contributed by atoms with E-state index in [9.17, 15) is 13.2 Å². The molecule has 5 rings (SSSR count). The lowest BCUT2D eigenvalue weighted by atomic mass is 10.3. The van der Waals surface area contributed by atoms with Crippen LogP contribution >= 0.6 is 11.6 Å². The fourth-order valence-corrected chi connectivity index (χ4v) is 4.09. The molecule has 2 aromatic carbocycles. The van der Waals surface area contributed by atoms with E-state index in [-0.39, 0.29) is 21.9 Å². The summed E-state index contributed by atoms with van der Waals surface area (Å²) in [5.41, 5.74) is 0.922. The average molecular weight is 480 g/mol. The van der Waals surface area contributed by atoms with Crippen LogP contribution in [0.1, 0.15) is 0 Å². The van der Waals surface area contributed by atoms with E-state index in [1.807, 2.05) is 0 Å². The number of sulfone groups is 1. The topological polar surface area (TPSA) is 126 Å². The van der Waals surface area contributed by atoms with Gasteiger partial charge in [-0.1, -0.05) is 22.9 Å². The molecule has 12 heteroatoms. The molecule has 0 saturated heterocycles. The molecule has 0 aliphatic heterocycles. The number of fused-ring (bicyclic) bond motifs is 1. The molecule has 0 amide bonds.